The van der Waals surface area contributed by atoms with Crippen molar-refractivity contribution in [3.8, 4) is 11.4 Å². The number of carbonyl (C=O) groups is 1. The molecule has 6 heteroatoms. The second kappa shape index (κ2) is 9.17. The van der Waals surface area contributed by atoms with Gasteiger partial charge in [0.05, 0.1) is 0 Å². The molecular weight excluding hydrogens is 350 g/mol. The molecule has 0 N–H and O–H groups in total. The molecule has 1 aromatic carbocycles. The number of carbonyl (C=O) groups excluding carboxylic acids is 1. The zero-order chi connectivity index (χ0) is 18.4. The highest BCUT2D eigenvalue weighted by Gasteiger charge is 2.21. The summed E-state index contributed by atoms with van der Waals surface area (Å²) in [5, 5.41) is 4.66. The lowest BCUT2D eigenvalue weighted by Crippen LogP contribution is -2.37. The maximum atomic E-state index is 12.5. The number of halogens is 1. The van der Waals surface area contributed by atoms with Gasteiger partial charge in [0.25, 0.3) is 0 Å². The topological polar surface area (TPSA) is 59.2 Å². The van der Waals surface area contributed by atoms with Crippen molar-refractivity contribution in [3.05, 3.63) is 35.2 Å². The molecule has 0 spiro atoms. The number of hydrogen-bond acceptors (Lipinski definition) is 4. The van der Waals surface area contributed by atoms with Gasteiger partial charge in [0.15, 0.2) is 0 Å². The van der Waals surface area contributed by atoms with E-state index in [1.165, 1.54) is 32.1 Å². The van der Waals surface area contributed by atoms with E-state index in [0.29, 0.717) is 35.6 Å². The molecule has 0 saturated heterocycles. The highest BCUT2D eigenvalue weighted by Crippen LogP contribution is 2.22. The van der Waals surface area contributed by atoms with Crippen LogP contribution in [0.2, 0.25) is 5.02 Å². The van der Waals surface area contributed by atoms with Crippen LogP contribution in [0.25, 0.3) is 11.4 Å². The second-order valence-electron chi connectivity index (χ2n) is 7.02. The lowest BCUT2D eigenvalue weighted by molar-refractivity contribution is -0.132. The first-order valence-corrected chi connectivity index (χ1v) is 9.85. The van der Waals surface area contributed by atoms with Crippen molar-refractivity contribution >= 4 is 17.5 Å². The van der Waals surface area contributed by atoms with Crippen molar-refractivity contribution in [1.82, 2.24) is 15.0 Å². The summed E-state index contributed by atoms with van der Waals surface area (Å²) in [5.74, 6) is 1.17. The Bertz CT molecular complexity index is 706. The van der Waals surface area contributed by atoms with Crippen LogP contribution in [0.15, 0.2) is 28.8 Å². The molecule has 0 bridgehead atoms. The summed E-state index contributed by atoms with van der Waals surface area (Å²) in [5.41, 5.74) is 0.849. The molecule has 0 aliphatic heterocycles. The summed E-state index contributed by atoms with van der Waals surface area (Å²) < 4.78 is 5.30. The summed E-state index contributed by atoms with van der Waals surface area (Å²) in [7, 11) is 1.93. The maximum Gasteiger partial charge on any atom is 0.227 e. The highest BCUT2D eigenvalue weighted by atomic mass is 35.5. The van der Waals surface area contributed by atoms with Crippen molar-refractivity contribution in [2.75, 3.05) is 7.05 Å². The molecule has 0 unspecified atom stereocenters. The van der Waals surface area contributed by atoms with E-state index in [4.69, 9.17) is 16.1 Å². The van der Waals surface area contributed by atoms with E-state index in [2.05, 4.69) is 10.1 Å². The number of benzene rings is 1. The molecule has 5 nitrogen and oxygen atoms in total. The number of amides is 1. The van der Waals surface area contributed by atoms with Gasteiger partial charge in [-0.15, -0.1) is 0 Å². The number of hydrogen-bond donors (Lipinski definition) is 0. The first-order valence-electron chi connectivity index (χ1n) is 9.47. The van der Waals surface area contributed by atoms with E-state index in [0.717, 1.165) is 18.4 Å². The largest absolute Gasteiger partial charge is 0.343 e. The van der Waals surface area contributed by atoms with E-state index >= 15 is 0 Å². The van der Waals surface area contributed by atoms with Crippen LogP contribution in [0, 0.1) is 0 Å². The number of aromatic nitrogens is 2. The average molecular weight is 376 g/mol. The molecule has 1 aliphatic rings. The van der Waals surface area contributed by atoms with Crippen LogP contribution in [0.3, 0.4) is 0 Å². The zero-order valence-electron chi connectivity index (χ0n) is 15.3. The summed E-state index contributed by atoms with van der Waals surface area (Å²) >= 11 is 5.90. The van der Waals surface area contributed by atoms with Crippen LogP contribution in [0.5, 0.6) is 0 Å². The summed E-state index contributed by atoms with van der Waals surface area (Å²) in [4.78, 5) is 18.9. The van der Waals surface area contributed by atoms with Crippen LogP contribution < -0.4 is 0 Å². The van der Waals surface area contributed by atoms with Crippen molar-refractivity contribution in [1.29, 1.82) is 0 Å². The molecule has 1 aromatic heterocycles. The van der Waals surface area contributed by atoms with Crippen molar-refractivity contribution in [3.63, 3.8) is 0 Å². The molecule has 3 rings (SSSR count). The normalized spacial score (nSPS) is 16.1. The summed E-state index contributed by atoms with van der Waals surface area (Å²) in [6.45, 7) is 0. The lowest BCUT2D eigenvalue weighted by atomic mass is 9.95. The zero-order valence-corrected chi connectivity index (χ0v) is 16.0. The van der Waals surface area contributed by atoms with Crippen LogP contribution in [0.4, 0.5) is 0 Å². The molecule has 140 valence electrons. The summed E-state index contributed by atoms with van der Waals surface area (Å²) in [6.07, 6.45) is 9.44. The van der Waals surface area contributed by atoms with E-state index in [9.17, 15) is 4.79 Å². The Balaban J connectivity index is 1.53. The molecular formula is C20H26ClN3O2. The van der Waals surface area contributed by atoms with Gasteiger partial charge in [0.1, 0.15) is 0 Å². The monoisotopic (exact) mass is 375 g/mol. The van der Waals surface area contributed by atoms with Gasteiger partial charge in [-0.1, -0.05) is 48.9 Å². The Labute approximate surface area is 159 Å². The minimum absolute atomic E-state index is 0.154. The fourth-order valence-electron chi connectivity index (χ4n) is 3.49. The van der Waals surface area contributed by atoms with Crippen LogP contribution in [-0.2, 0) is 11.2 Å². The van der Waals surface area contributed by atoms with Crippen molar-refractivity contribution < 1.29 is 9.32 Å². The Morgan fingerprint density at radius 2 is 1.81 bits per heavy atom. The Morgan fingerprint density at radius 3 is 2.50 bits per heavy atom. The number of aryl methyl sites for hydroxylation is 1. The molecule has 1 heterocycles. The van der Waals surface area contributed by atoms with Crippen LogP contribution in [-0.4, -0.2) is 34.0 Å². The van der Waals surface area contributed by atoms with Crippen LogP contribution in [0.1, 0.15) is 57.3 Å². The van der Waals surface area contributed by atoms with Gasteiger partial charge in [-0.3, -0.25) is 4.79 Å². The molecule has 1 saturated carbocycles. The third kappa shape index (κ3) is 5.07. The van der Waals surface area contributed by atoms with E-state index in [1.807, 2.05) is 24.1 Å². The Morgan fingerprint density at radius 1 is 1.15 bits per heavy atom. The average Bonchev–Trinajstić information content (AvgIpc) is 3.08. The second-order valence-corrected chi connectivity index (χ2v) is 7.46. The standard InChI is InChI=1S/C20H26ClN3O2/c1-24(17-7-5-3-2-4-6-8-17)19(25)14-13-18-22-20(23-26-18)15-9-11-16(21)12-10-15/h9-12,17H,2-8,13-14H2,1H3. The van der Waals surface area contributed by atoms with E-state index in [-0.39, 0.29) is 5.91 Å². The Kier molecular flexibility index (Phi) is 6.67. The molecule has 26 heavy (non-hydrogen) atoms. The molecule has 1 fully saturated rings. The first-order chi connectivity index (χ1) is 12.6. The van der Waals surface area contributed by atoms with Crippen LogP contribution >= 0.6 is 11.6 Å². The molecule has 0 radical (unpaired) electrons. The van der Waals surface area contributed by atoms with E-state index < -0.39 is 0 Å². The fourth-order valence-corrected chi connectivity index (χ4v) is 3.61. The van der Waals surface area contributed by atoms with Gasteiger partial charge in [0, 0.05) is 36.5 Å². The van der Waals surface area contributed by atoms with Gasteiger partial charge in [-0.25, -0.2) is 0 Å². The van der Waals surface area contributed by atoms with Gasteiger partial charge in [0.2, 0.25) is 17.6 Å². The number of nitrogens with zero attached hydrogens (tertiary/aromatic N) is 3. The van der Waals surface area contributed by atoms with Gasteiger partial charge < -0.3 is 9.42 Å². The van der Waals surface area contributed by atoms with Gasteiger partial charge >= 0.3 is 0 Å². The van der Waals surface area contributed by atoms with Crippen molar-refractivity contribution in [2.24, 2.45) is 0 Å². The van der Waals surface area contributed by atoms with Gasteiger partial charge in [-0.05, 0) is 37.1 Å². The Hall–Kier alpha value is -1.88. The summed E-state index contributed by atoms with van der Waals surface area (Å²) in [6, 6.07) is 7.66. The van der Waals surface area contributed by atoms with Crippen molar-refractivity contribution in [2.45, 2.75) is 63.8 Å². The molecule has 0 atom stereocenters. The minimum atomic E-state index is 0.154. The smallest absolute Gasteiger partial charge is 0.227 e. The molecule has 1 aliphatic carbocycles. The minimum Gasteiger partial charge on any atom is -0.343 e. The maximum absolute atomic E-state index is 12.5. The van der Waals surface area contributed by atoms with Gasteiger partial charge in [-0.2, -0.15) is 4.98 Å². The first kappa shape index (κ1) is 18.9. The number of rotatable bonds is 5. The predicted molar refractivity (Wildman–Crippen MR) is 102 cm³/mol. The molecule has 1 amide bonds. The van der Waals surface area contributed by atoms with E-state index in [1.54, 1.807) is 12.1 Å². The highest BCUT2D eigenvalue weighted by molar-refractivity contribution is 6.30. The fraction of sp³-hybridized carbons (Fsp3) is 0.550. The predicted octanol–water partition coefficient (Wildman–Crippen LogP) is 4.89. The lowest BCUT2D eigenvalue weighted by Gasteiger charge is -2.29. The third-order valence-corrected chi connectivity index (χ3v) is 5.39. The molecule has 2 aromatic rings. The SMILES string of the molecule is CN(C(=O)CCc1nc(-c2ccc(Cl)cc2)no1)C1CCCCCCC1. The third-order valence-electron chi connectivity index (χ3n) is 5.14. The quantitative estimate of drug-likeness (QED) is 0.746.